The van der Waals surface area contributed by atoms with Crippen molar-refractivity contribution in [1.29, 1.82) is 0 Å². The number of rotatable bonds is 6. The first-order chi connectivity index (χ1) is 10.1. The molecule has 1 aliphatic heterocycles. The van der Waals surface area contributed by atoms with E-state index >= 15 is 0 Å². The summed E-state index contributed by atoms with van der Waals surface area (Å²) >= 11 is 0. The van der Waals surface area contributed by atoms with Gasteiger partial charge in [-0.3, -0.25) is 8.98 Å². The highest BCUT2D eigenvalue weighted by Gasteiger charge is 2.48. The highest BCUT2D eigenvalue weighted by molar-refractivity contribution is 7.87. The summed E-state index contributed by atoms with van der Waals surface area (Å²) in [5.74, 6) is -0.660. The van der Waals surface area contributed by atoms with Crippen molar-refractivity contribution in [3.8, 4) is 0 Å². The van der Waals surface area contributed by atoms with Crippen molar-refractivity contribution in [3.05, 3.63) is 0 Å². The molecule has 3 atom stereocenters. The van der Waals surface area contributed by atoms with Gasteiger partial charge in [0.25, 0.3) is 0 Å². The Bertz CT molecular complexity index is 477. The van der Waals surface area contributed by atoms with Crippen molar-refractivity contribution in [2.24, 2.45) is 0 Å². The molecule has 0 spiro atoms. The second-order valence-corrected chi connectivity index (χ2v) is 6.08. The number of carbonyl (C=O) groups is 1. The van der Waals surface area contributed by atoms with Crippen LogP contribution in [0.3, 0.4) is 0 Å². The Morgan fingerprint density at radius 2 is 1.95 bits per heavy atom. The quantitative estimate of drug-likeness (QED) is 0.406. The maximum absolute atomic E-state index is 12.2. The fourth-order valence-electron chi connectivity index (χ4n) is 1.86. The molecule has 1 saturated heterocycles. The monoisotopic (exact) mass is 350 g/mol. The summed E-state index contributed by atoms with van der Waals surface area (Å²) in [6.45, 7) is 2.20. The molecular weight excluding hydrogens is 333 g/mol. The van der Waals surface area contributed by atoms with E-state index in [-0.39, 0.29) is 6.42 Å². The fraction of sp³-hybridized carbons (Fsp3) is 0.909. The first-order valence-corrected chi connectivity index (χ1v) is 7.87. The predicted molar refractivity (Wildman–Crippen MR) is 66.0 cm³/mol. The molecule has 0 amide bonds. The van der Waals surface area contributed by atoms with Crippen LogP contribution in [-0.4, -0.2) is 51.6 Å². The lowest BCUT2D eigenvalue weighted by atomic mass is 10.1. The van der Waals surface area contributed by atoms with Gasteiger partial charge in [-0.05, 0) is 13.3 Å². The van der Waals surface area contributed by atoms with E-state index in [1.807, 2.05) is 0 Å². The molecule has 1 fully saturated rings. The largest absolute Gasteiger partial charge is 0.523 e. The maximum atomic E-state index is 12.2. The lowest BCUT2D eigenvalue weighted by Gasteiger charge is -2.35. The van der Waals surface area contributed by atoms with Crippen LogP contribution in [0.4, 0.5) is 13.2 Å². The zero-order chi connectivity index (χ0) is 17.0. The van der Waals surface area contributed by atoms with Crippen LogP contribution in [0.15, 0.2) is 0 Å². The van der Waals surface area contributed by atoms with E-state index in [0.717, 1.165) is 6.92 Å². The fourth-order valence-corrected chi connectivity index (χ4v) is 2.31. The van der Waals surface area contributed by atoms with E-state index in [2.05, 4.69) is 4.18 Å². The number of hydrogen-bond acceptors (Lipinski definition) is 7. The number of esters is 1. The number of hydrogen-bond donors (Lipinski definition) is 0. The van der Waals surface area contributed by atoms with Crippen LogP contribution in [0.5, 0.6) is 0 Å². The zero-order valence-electron chi connectivity index (χ0n) is 12.0. The number of ether oxygens (including phenoxy) is 3. The first kappa shape index (κ1) is 19.1. The summed E-state index contributed by atoms with van der Waals surface area (Å²) in [6.07, 6.45) is -2.19. The summed E-state index contributed by atoms with van der Waals surface area (Å²) in [5.41, 5.74) is -5.53. The summed E-state index contributed by atoms with van der Waals surface area (Å²) in [7, 11) is -5.74. The maximum Gasteiger partial charge on any atom is 0.523 e. The van der Waals surface area contributed by atoms with Gasteiger partial charge in [0.2, 0.25) is 0 Å². The van der Waals surface area contributed by atoms with Crippen LogP contribution in [-0.2, 0) is 33.3 Å². The molecule has 0 unspecified atom stereocenters. The lowest BCUT2D eigenvalue weighted by Crippen LogP contribution is -2.45. The molecule has 0 radical (unpaired) electrons. The Kier molecular flexibility index (Phi) is 6.59. The Hall–Kier alpha value is -0.910. The van der Waals surface area contributed by atoms with Gasteiger partial charge in [-0.15, -0.1) is 0 Å². The molecule has 0 aromatic heterocycles. The molecule has 1 rings (SSSR count). The second kappa shape index (κ2) is 7.57. The van der Waals surface area contributed by atoms with Crippen molar-refractivity contribution in [1.82, 2.24) is 0 Å². The number of alkyl halides is 3. The molecule has 130 valence electrons. The van der Waals surface area contributed by atoms with Gasteiger partial charge in [-0.1, -0.05) is 0 Å². The van der Waals surface area contributed by atoms with Crippen molar-refractivity contribution in [2.45, 2.75) is 50.7 Å². The molecule has 1 aliphatic rings. The highest BCUT2D eigenvalue weighted by Crippen LogP contribution is 2.28. The molecule has 22 heavy (non-hydrogen) atoms. The van der Waals surface area contributed by atoms with Crippen LogP contribution < -0.4 is 0 Å². The molecule has 11 heteroatoms. The summed E-state index contributed by atoms with van der Waals surface area (Å²) in [4.78, 5) is 11.0. The minimum atomic E-state index is -5.74. The Balaban J connectivity index is 2.73. The Morgan fingerprint density at radius 3 is 2.45 bits per heavy atom. The van der Waals surface area contributed by atoms with Gasteiger partial charge in [0.1, 0.15) is 12.2 Å². The normalized spacial score (nSPS) is 26.7. The lowest BCUT2D eigenvalue weighted by molar-refractivity contribution is -0.232. The topological polar surface area (TPSA) is 88.1 Å². The van der Waals surface area contributed by atoms with Gasteiger partial charge in [0, 0.05) is 20.0 Å². The first-order valence-electron chi connectivity index (χ1n) is 6.46. The molecule has 0 bridgehead atoms. The van der Waals surface area contributed by atoms with Gasteiger partial charge in [0.15, 0.2) is 6.29 Å². The highest BCUT2D eigenvalue weighted by atomic mass is 32.2. The third kappa shape index (κ3) is 5.38. The minimum Gasteiger partial charge on any atom is -0.460 e. The third-order valence-electron chi connectivity index (χ3n) is 2.77. The van der Waals surface area contributed by atoms with E-state index in [1.54, 1.807) is 6.92 Å². The smallest absolute Gasteiger partial charge is 0.460 e. The zero-order valence-corrected chi connectivity index (χ0v) is 12.8. The summed E-state index contributed by atoms with van der Waals surface area (Å²) in [5, 5.41) is 0. The van der Waals surface area contributed by atoms with Gasteiger partial charge in [0.05, 0.1) is 6.61 Å². The van der Waals surface area contributed by atoms with E-state index in [9.17, 15) is 26.4 Å². The second-order valence-electron chi connectivity index (χ2n) is 4.47. The van der Waals surface area contributed by atoms with Crippen LogP contribution in [0.1, 0.15) is 26.7 Å². The van der Waals surface area contributed by atoms with Crippen molar-refractivity contribution >= 4 is 16.1 Å². The average molecular weight is 350 g/mol. The van der Waals surface area contributed by atoms with Crippen LogP contribution in [0.2, 0.25) is 0 Å². The van der Waals surface area contributed by atoms with Crippen molar-refractivity contribution < 1.29 is 44.8 Å². The van der Waals surface area contributed by atoms with Gasteiger partial charge < -0.3 is 14.2 Å². The molecule has 1 heterocycles. The van der Waals surface area contributed by atoms with Gasteiger partial charge in [-0.2, -0.15) is 21.6 Å². The van der Waals surface area contributed by atoms with Gasteiger partial charge in [-0.25, -0.2) is 0 Å². The molecule has 0 aliphatic carbocycles. The SMILES string of the molecule is CCO[C@@H]1CC[C@H](OC(C)=O)[C@@H](COS(=O)(=O)C(F)(F)F)O1. The molecule has 0 aromatic carbocycles. The molecule has 0 saturated carbocycles. The third-order valence-corrected chi connectivity index (χ3v) is 3.78. The van der Waals surface area contributed by atoms with Crippen molar-refractivity contribution in [3.63, 3.8) is 0 Å². The molecule has 0 aromatic rings. The standard InChI is InChI=1S/C11H17F3O7S/c1-3-18-10-5-4-8(20-7(2)15)9(21-10)6-19-22(16,17)11(12,13)14/h8-10H,3-6H2,1-2H3/t8-,9+,10-/m0/s1. The van der Waals surface area contributed by atoms with E-state index in [4.69, 9.17) is 14.2 Å². The van der Waals surface area contributed by atoms with Crippen LogP contribution in [0, 0.1) is 0 Å². The number of halogens is 3. The predicted octanol–water partition coefficient (Wildman–Crippen LogP) is 1.33. The van der Waals surface area contributed by atoms with Crippen LogP contribution >= 0.6 is 0 Å². The van der Waals surface area contributed by atoms with Crippen LogP contribution in [0.25, 0.3) is 0 Å². The molecule has 0 N–H and O–H groups in total. The number of carbonyl (C=O) groups excluding carboxylic acids is 1. The minimum absolute atomic E-state index is 0.254. The average Bonchev–Trinajstić information content (AvgIpc) is 2.37. The molecular formula is C11H17F3O7S. The Morgan fingerprint density at radius 1 is 1.32 bits per heavy atom. The van der Waals surface area contributed by atoms with E-state index in [1.165, 1.54) is 0 Å². The van der Waals surface area contributed by atoms with E-state index < -0.39 is 46.7 Å². The van der Waals surface area contributed by atoms with Gasteiger partial charge >= 0.3 is 21.6 Å². The Labute approximate surface area is 125 Å². The summed E-state index contributed by atoms with van der Waals surface area (Å²) < 4.78 is 77.8. The molecule has 7 nitrogen and oxygen atoms in total. The van der Waals surface area contributed by atoms with E-state index in [0.29, 0.717) is 13.0 Å². The summed E-state index contributed by atoms with van der Waals surface area (Å²) in [6, 6.07) is 0. The van der Waals surface area contributed by atoms with Crippen molar-refractivity contribution in [2.75, 3.05) is 13.2 Å².